The van der Waals surface area contributed by atoms with E-state index in [1.807, 2.05) is 0 Å². The molecule has 26 heteroatoms. The van der Waals surface area contributed by atoms with Crippen molar-refractivity contribution in [3.05, 3.63) is 132 Å². The van der Waals surface area contributed by atoms with Crippen LogP contribution in [0.25, 0.3) is 34.5 Å². The van der Waals surface area contributed by atoms with Crippen molar-refractivity contribution in [3.8, 4) is 57.5 Å². The van der Waals surface area contributed by atoms with Crippen LogP contribution in [0.15, 0.2) is 94.3 Å². The van der Waals surface area contributed by atoms with Crippen LogP contribution in [0.2, 0.25) is 0 Å². The van der Waals surface area contributed by atoms with Gasteiger partial charge in [-0.1, -0.05) is 12.1 Å². The fraction of sp³-hybridized carbons (Fsp3) is 0.333. The molecule has 0 unspecified atom stereocenters. The summed E-state index contributed by atoms with van der Waals surface area (Å²) in [6, 6.07) is 17.1. The molecule has 0 amide bonds. The number of benzene rings is 2. The fourth-order valence-electron chi connectivity index (χ4n) is 7.64. The third-order valence-electron chi connectivity index (χ3n) is 12.1. The second-order valence-corrected chi connectivity index (χ2v) is 21.7. The molecule has 0 fully saturated rings. The van der Waals surface area contributed by atoms with Crippen molar-refractivity contribution in [2.45, 2.75) is 74.8 Å². The lowest BCUT2D eigenvalue weighted by atomic mass is 10.0. The van der Waals surface area contributed by atoms with Gasteiger partial charge in [0, 0.05) is 0 Å². The summed E-state index contributed by atoms with van der Waals surface area (Å²) in [6.07, 6.45) is 3.44. The maximum Gasteiger partial charge on any atom is 0.204 e. The molecule has 392 valence electrons. The van der Waals surface area contributed by atoms with Crippen LogP contribution in [0.1, 0.15) is 62.5 Å². The number of sulfone groups is 2. The van der Waals surface area contributed by atoms with Crippen LogP contribution in [0.4, 0.5) is 8.78 Å². The van der Waals surface area contributed by atoms with Gasteiger partial charge >= 0.3 is 0 Å². The van der Waals surface area contributed by atoms with Gasteiger partial charge in [0.2, 0.25) is 11.6 Å². The minimum Gasteiger partial charge on any atom is -0.494 e. The largest absolute Gasteiger partial charge is 0.494 e. The lowest BCUT2D eigenvalue weighted by Crippen LogP contribution is -2.42. The zero-order valence-electron chi connectivity index (χ0n) is 41.7. The number of aryl methyl sites for hydroxylation is 2. The van der Waals surface area contributed by atoms with E-state index in [9.17, 15) is 35.8 Å². The highest BCUT2D eigenvalue weighted by Gasteiger charge is 2.44. The minimum atomic E-state index is -4.12. The van der Waals surface area contributed by atoms with Crippen LogP contribution in [-0.2, 0) is 42.4 Å². The van der Waals surface area contributed by atoms with Crippen LogP contribution in [0.3, 0.4) is 0 Å². The molecule has 74 heavy (non-hydrogen) atoms. The SMILES string of the molecule is COc1cccc(OC)c1-n1c(CS(=O)(=O)[C@@H](C)[C@@](C)(O)c2ncc(F)cn2)nnc1-c1ccc(C)o1.COc1cccc(OC)c1-n1c(CS(=O)(=O)[C@H](C)[C@](C)(O)c2ncc(F)cn2)nnc1-c1ccc(C)o1. The standard InChI is InChI=1S/2C24H26FN5O6S/c2*1-14-9-10-19(36-14)22-29-28-20(30(22)21-17(34-4)7-6-8-18(21)35-5)13-37(32,33)15(2)24(3,31)23-26-11-16(25)12-27-23/h2*6-12,15,31H,13H2,1-5H3/t2*15-,24+/m10/s1. The highest BCUT2D eigenvalue weighted by Crippen LogP contribution is 2.40. The zero-order valence-corrected chi connectivity index (χ0v) is 43.3. The molecule has 0 saturated heterocycles. The average Bonchev–Trinajstić information content (AvgIpc) is 4.20. The molecule has 0 radical (unpaired) electrons. The summed E-state index contributed by atoms with van der Waals surface area (Å²) >= 11 is 0. The number of halogens is 2. The average molecular weight is 1060 g/mol. The van der Waals surface area contributed by atoms with Gasteiger partial charge in [0.1, 0.15) is 68.6 Å². The number of rotatable bonds is 18. The molecule has 0 saturated carbocycles. The Labute approximate surface area is 423 Å². The van der Waals surface area contributed by atoms with E-state index >= 15 is 0 Å². The van der Waals surface area contributed by atoms with Crippen LogP contribution in [0.5, 0.6) is 23.0 Å². The number of hydrogen-bond acceptors (Lipinski definition) is 20. The molecular weight excluding hydrogens is 1010 g/mol. The molecule has 8 rings (SSSR count). The van der Waals surface area contributed by atoms with Gasteiger partial charge in [-0.15, -0.1) is 20.4 Å². The number of methoxy groups -OCH3 is 4. The summed E-state index contributed by atoms with van der Waals surface area (Å²) in [5, 5.41) is 36.1. The van der Waals surface area contributed by atoms with Crippen LogP contribution < -0.4 is 18.9 Å². The Balaban J connectivity index is 0.000000216. The molecule has 6 heterocycles. The molecule has 2 aromatic carbocycles. The van der Waals surface area contributed by atoms with Crippen LogP contribution in [0, 0.1) is 25.5 Å². The fourth-order valence-corrected chi connectivity index (χ4v) is 10.8. The number of nitrogens with zero attached hydrogens (tertiary/aromatic N) is 10. The molecule has 4 atom stereocenters. The Morgan fingerprint density at radius 2 is 0.865 bits per heavy atom. The van der Waals surface area contributed by atoms with Gasteiger partial charge in [0.15, 0.2) is 66.1 Å². The minimum absolute atomic E-state index is 0.0227. The van der Waals surface area contributed by atoms with Crippen molar-refractivity contribution in [2.24, 2.45) is 0 Å². The van der Waals surface area contributed by atoms with Gasteiger partial charge in [-0.3, -0.25) is 9.13 Å². The third-order valence-corrected chi connectivity index (χ3v) is 16.5. The second kappa shape index (κ2) is 21.4. The topological polar surface area (TPSA) is 285 Å². The molecule has 0 aliphatic carbocycles. The number of ether oxygens (including phenoxy) is 4. The Morgan fingerprint density at radius 1 is 0.554 bits per heavy atom. The summed E-state index contributed by atoms with van der Waals surface area (Å²) in [7, 11) is -2.36. The maximum atomic E-state index is 13.6. The van der Waals surface area contributed by atoms with E-state index in [2.05, 4.69) is 40.3 Å². The van der Waals surface area contributed by atoms with Crippen LogP contribution in [-0.4, -0.2) is 115 Å². The molecular formula is C48H52F2N10O12S2. The molecule has 0 aliphatic rings. The molecule has 2 N–H and O–H groups in total. The molecule has 22 nitrogen and oxygen atoms in total. The van der Waals surface area contributed by atoms with Gasteiger partial charge in [0.25, 0.3) is 0 Å². The zero-order chi connectivity index (χ0) is 53.9. The first-order valence-corrected chi connectivity index (χ1v) is 25.7. The Morgan fingerprint density at radius 3 is 1.14 bits per heavy atom. The molecule has 0 aliphatic heterocycles. The van der Waals surface area contributed by atoms with Gasteiger partial charge in [-0.05, 0) is 90.1 Å². The molecule has 6 aromatic heterocycles. The van der Waals surface area contributed by atoms with Crippen molar-refractivity contribution < 1.29 is 63.6 Å². The highest BCUT2D eigenvalue weighted by atomic mass is 32.2. The number of aromatic nitrogens is 10. The van der Waals surface area contributed by atoms with Crippen molar-refractivity contribution in [2.75, 3.05) is 28.4 Å². The number of para-hydroxylation sites is 2. The van der Waals surface area contributed by atoms with E-state index in [0.717, 1.165) is 24.8 Å². The monoisotopic (exact) mass is 1060 g/mol. The summed E-state index contributed by atoms with van der Waals surface area (Å²) in [4.78, 5) is 15.1. The van der Waals surface area contributed by atoms with E-state index < -0.39 is 64.5 Å². The van der Waals surface area contributed by atoms with E-state index in [0.29, 0.717) is 57.4 Å². The maximum absolute atomic E-state index is 13.6. The van der Waals surface area contributed by atoms with E-state index in [1.165, 1.54) is 65.3 Å². The molecule has 8 aromatic rings. The smallest absolute Gasteiger partial charge is 0.204 e. The Hall–Kier alpha value is -7.68. The third kappa shape index (κ3) is 10.8. The summed E-state index contributed by atoms with van der Waals surface area (Å²) in [6.45, 7) is 8.69. The first kappa shape index (κ1) is 54.1. The molecule has 0 bridgehead atoms. The van der Waals surface area contributed by atoms with Crippen molar-refractivity contribution in [3.63, 3.8) is 0 Å². The van der Waals surface area contributed by atoms with Crippen LogP contribution >= 0.6 is 0 Å². The predicted molar refractivity (Wildman–Crippen MR) is 261 cm³/mol. The van der Waals surface area contributed by atoms with E-state index in [1.54, 1.807) is 74.5 Å². The van der Waals surface area contributed by atoms with Gasteiger partial charge in [-0.2, -0.15) is 0 Å². The molecule has 0 spiro atoms. The first-order valence-electron chi connectivity index (χ1n) is 22.3. The number of aliphatic hydroxyl groups is 2. The van der Waals surface area contributed by atoms with Gasteiger partial charge < -0.3 is 38.0 Å². The van der Waals surface area contributed by atoms with Crippen molar-refractivity contribution >= 4 is 19.7 Å². The van der Waals surface area contributed by atoms with Gasteiger partial charge in [0.05, 0.1) is 63.7 Å². The van der Waals surface area contributed by atoms with E-state index in [4.69, 9.17) is 27.8 Å². The predicted octanol–water partition coefficient (Wildman–Crippen LogP) is 5.99. The van der Waals surface area contributed by atoms with Gasteiger partial charge in [-0.25, -0.2) is 45.6 Å². The Kier molecular flexibility index (Phi) is 15.7. The van der Waals surface area contributed by atoms with Crippen molar-refractivity contribution in [1.82, 2.24) is 49.5 Å². The number of hydrogen-bond donors (Lipinski definition) is 2. The summed E-state index contributed by atoms with van der Waals surface area (Å²) in [5.74, 6) is 0.798. The Bertz CT molecular complexity index is 3210. The quantitative estimate of drug-likeness (QED) is 0.0998. The lowest BCUT2D eigenvalue weighted by molar-refractivity contribution is 0.0462. The lowest BCUT2D eigenvalue weighted by Gasteiger charge is -2.28. The second-order valence-electron chi connectivity index (χ2n) is 17.0. The first-order chi connectivity index (χ1) is 35.0. The normalized spacial score (nSPS) is 14.2. The summed E-state index contributed by atoms with van der Waals surface area (Å²) < 4.78 is 118. The van der Waals surface area contributed by atoms with Crippen molar-refractivity contribution in [1.29, 1.82) is 0 Å². The summed E-state index contributed by atoms with van der Waals surface area (Å²) in [5.41, 5.74) is -3.32. The highest BCUT2D eigenvalue weighted by molar-refractivity contribution is 7.91. The number of furan rings is 2. The van der Waals surface area contributed by atoms with E-state index in [-0.39, 0.29) is 34.9 Å².